The zero-order chi connectivity index (χ0) is 23.4. The highest BCUT2D eigenvalue weighted by Gasteiger charge is 2.23. The average Bonchev–Trinajstić information content (AvgIpc) is 3.26. The number of pyridine rings is 1. The van der Waals surface area contributed by atoms with Gasteiger partial charge in [0.25, 0.3) is 5.91 Å². The number of sulfone groups is 1. The summed E-state index contributed by atoms with van der Waals surface area (Å²) in [5, 5.41) is 0.527. The molecule has 4 rings (SSSR count). The zero-order valence-electron chi connectivity index (χ0n) is 18.3. The Morgan fingerprint density at radius 1 is 1.06 bits per heavy atom. The average molecular weight is 482 g/mol. The lowest BCUT2D eigenvalue weighted by Gasteiger charge is -2.19. The molecule has 170 valence electrons. The van der Waals surface area contributed by atoms with Crippen LogP contribution >= 0.6 is 11.3 Å². The highest BCUT2D eigenvalue weighted by molar-refractivity contribution is 7.91. The van der Waals surface area contributed by atoms with E-state index in [2.05, 4.69) is 9.97 Å². The Morgan fingerprint density at radius 2 is 1.85 bits per heavy atom. The highest BCUT2D eigenvalue weighted by atomic mass is 32.2. The van der Waals surface area contributed by atoms with Crippen molar-refractivity contribution in [3.63, 3.8) is 0 Å². The Kier molecular flexibility index (Phi) is 6.71. The third-order valence-electron chi connectivity index (χ3n) is 5.02. The molecule has 0 unspecified atom stereocenters. The van der Waals surface area contributed by atoms with Gasteiger partial charge in [0, 0.05) is 11.8 Å². The second-order valence-corrected chi connectivity index (χ2v) is 10.5. The van der Waals surface area contributed by atoms with Gasteiger partial charge in [-0.3, -0.25) is 14.7 Å². The molecule has 0 bridgehead atoms. The van der Waals surface area contributed by atoms with Crippen molar-refractivity contribution in [1.82, 2.24) is 9.97 Å². The lowest BCUT2D eigenvalue weighted by Crippen LogP contribution is -2.30. The molecule has 4 aromatic rings. The summed E-state index contributed by atoms with van der Waals surface area (Å²) >= 11 is 1.39. The molecule has 1 amide bonds. The molecule has 33 heavy (non-hydrogen) atoms. The summed E-state index contributed by atoms with van der Waals surface area (Å²) in [4.78, 5) is 24.3. The predicted molar refractivity (Wildman–Crippen MR) is 130 cm³/mol. The molecule has 0 N–H and O–H groups in total. The van der Waals surface area contributed by atoms with Crippen molar-refractivity contribution in [2.24, 2.45) is 0 Å². The first-order valence-corrected chi connectivity index (χ1v) is 13.0. The Morgan fingerprint density at radius 3 is 2.52 bits per heavy atom. The topological polar surface area (TPSA) is 89.5 Å². The number of aromatic nitrogens is 2. The van der Waals surface area contributed by atoms with Crippen LogP contribution in [0.5, 0.6) is 5.75 Å². The molecule has 0 saturated heterocycles. The van der Waals surface area contributed by atoms with E-state index in [1.54, 1.807) is 18.0 Å². The van der Waals surface area contributed by atoms with Crippen LogP contribution < -0.4 is 9.64 Å². The van der Waals surface area contributed by atoms with E-state index in [1.165, 1.54) is 35.6 Å². The molecule has 0 atom stereocenters. The Labute approximate surface area is 196 Å². The molecule has 0 radical (unpaired) electrons. The Balaban J connectivity index is 1.72. The number of ether oxygens (including phenoxy) is 1. The van der Waals surface area contributed by atoms with E-state index >= 15 is 0 Å². The summed E-state index contributed by atoms with van der Waals surface area (Å²) < 4.78 is 30.7. The van der Waals surface area contributed by atoms with Crippen molar-refractivity contribution in [3.8, 4) is 5.75 Å². The van der Waals surface area contributed by atoms with Crippen LogP contribution in [-0.2, 0) is 16.4 Å². The number of anilines is 1. The highest BCUT2D eigenvalue weighted by Crippen LogP contribution is 2.33. The van der Waals surface area contributed by atoms with E-state index < -0.39 is 9.84 Å². The fraction of sp³-hybridized carbons (Fsp3) is 0.208. The number of hydrogen-bond acceptors (Lipinski definition) is 7. The second kappa shape index (κ2) is 9.68. The van der Waals surface area contributed by atoms with Crippen LogP contribution in [0.25, 0.3) is 10.2 Å². The van der Waals surface area contributed by atoms with Gasteiger partial charge in [0.15, 0.2) is 15.0 Å². The standard InChI is InChI=1S/C24H23N3O4S2/c1-3-31-19-10-13-21-22(15-19)32-24(26-21)27(16-18-7-5-6-14-25-18)23(28)17-8-11-20(12-9-17)33(29,30)4-2/h5-15H,3-4,16H2,1-2H3. The Hall–Kier alpha value is -3.30. The molecule has 0 saturated carbocycles. The van der Waals surface area contributed by atoms with Crippen LogP contribution in [-0.4, -0.2) is 36.7 Å². The minimum absolute atomic E-state index is 0.00152. The first-order chi connectivity index (χ1) is 15.9. The first kappa shape index (κ1) is 22.9. The van der Waals surface area contributed by atoms with Gasteiger partial charge in [-0.15, -0.1) is 0 Å². The summed E-state index contributed by atoms with van der Waals surface area (Å²) in [6.07, 6.45) is 1.68. The molecule has 0 fully saturated rings. The van der Waals surface area contributed by atoms with Gasteiger partial charge in [0.05, 0.1) is 39.7 Å². The van der Waals surface area contributed by atoms with Gasteiger partial charge in [-0.2, -0.15) is 0 Å². The number of amides is 1. The molecule has 7 nitrogen and oxygen atoms in total. The third-order valence-corrected chi connectivity index (χ3v) is 7.81. The van der Waals surface area contributed by atoms with Gasteiger partial charge < -0.3 is 4.74 Å². The van der Waals surface area contributed by atoms with Crippen LogP contribution in [0.4, 0.5) is 5.13 Å². The number of thiazole rings is 1. The summed E-state index contributed by atoms with van der Waals surface area (Å²) in [5.74, 6) is 0.461. The predicted octanol–water partition coefficient (Wildman–Crippen LogP) is 4.73. The summed E-state index contributed by atoms with van der Waals surface area (Å²) in [7, 11) is -3.34. The number of nitrogens with zero attached hydrogens (tertiary/aromatic N) is 3. The number of carbonyl (C=O) groups excluding carboxylic acids is 1. The number of hydrogen-bond donors (Lipinski definition) is 0. The molecule has 0 aliphatic heterocycles. The quantitative estimate of drug-likeness (QED) is 0.361. The second-order valence-electron chi connectivity index (χ2n) is 7.20. The molecule has 0 spiro atoms. The third kappa shape index (κ3) is 5.04. The van der Waals surface area contributed by atoms with Crippen molar-refractivity contribution in [1.29, 1.82) is 0 Å². The van der Waals surface area contributed by atoms with Crippen molar-refractivity contribution >= 4 is 42.4 Å². The van der Waals surface area contributed by atoms with Crippen LogP contribution in [0, 0.1) is 0 Å². The van der Waals surface area contributed by atoms with Crippen LogP contribution in [0.15, 0.2) is 71.8 Å². The largest absolute Gasteiger partial charge is 0.494 e. The van der Waals surface area contributed by atoms with E-state index in [0.29, 0.717) is 23.0 Å². The van der Waals surface area contributed by atoms with Crippen LogP contribution in [0.3, 0.4) is 0 Å². The van der Waals surface area contributed by atoms with E-state index in [0.717, 1.165) is 16.0 Å². The molecule has 0 aliphatic rings. The van der Waals surface area contributed by atoms with E-state index in [1.807, 2.05) is 43.3 Å². The maximum Gasteiger partial charge on any atom is 0.260 e. The van der Waals surface area contributed by atoms with E-state index in [9.17, 15) is 13.2 Å². The van der Waals surface area contributed by atoms with Gasteiger partial charge in [0.1, 0.15) is 5.75 Å². The summed E-state index contributed by atoms with van der Waals surface area (Å²) in [6.45, 7) is 4.30. The van der Waals surface area contributed by atoms with Crippen molar-refractivity contribution < 1.29 is 17.9 Å². The summed E-state index contributed by atoms with van der Waals surface area (Å²) in [5.41, 5.74) is 1.85. The smallest absolute Gasteiger partial charge is 0.260 e. The summed E-state index contributed by atoms with van der Waals surface area (Å²) in [6, 6.07) is 17.2. The normalized spacial score (nSPS) is 11.5. The molecule has 0 aliphatic carbocycles. The van der Waals surface area contributed by atoms with Gasteiger partial charge in [-0.05, 0) is 61.5 Å². The van der Waals surface area contributed by atoms with E-state index in [-0.39, 0.29) is 23.1 Å². The van der Waals surface area contributed by atoms with Gasteiger partial charge in [0.2, 0.25) is 0 Å². The van der Waals surface area contributed by atoms with Crippen LogP contribution in [0.1, 0.15) is 29.9 Å². The lowest BCUT2D eigenvalue weighted by atomic mass is 10.2. The minimum Gasteiger partial charge on any atom is -0.494 e. The SMILES string of the molecule is CCOc1ccc2nc(N(Cc3ccccn3)C(=O)c3ccc(S(=O)(=O)CC)cc3)sc2c1. The maximum absolute atomic E-state index is 13.5. The van der Waals surface area contributed by atoms with Gasteiger partial charge >= 0.3 is 0 Å². The number of rotatable bonds is 8. The van der Waals surface area contributed by atoms with Gasteiger partial charge in [-0.25, -0.2) is 13.4 Å². The molecule has 9 heteroatoms. The fourth-order valence-corrected chi connectivity index (χ4v) is 5.15. The molecule has 2 aromatic carbocycles. The molecule has 2 heterocycles. The number of carbonyl (C=O) groups is 1. The van der Waals surface area contributed by atoms with Crippen molar-refractivity contribution in [2.45, 2.75) is 25.3 Å². The zero-order valence-corrected chi connectivity index (χ0v) is 19.9. The van der Waals surface area contributed by atoms with Gasteiger partial charge in [-0.1, -0.05) is 24.3 Å². The van der Waals surface area contributed by atoms with E-state index in [4.69, 9.17) is 4.74 Å². The molecular weight excluding hydrogens is 458 g/mol. The van der Waals surface area contributed by atoms with Crippen molar-refractivity contribution in [3.05, 3.63) is 78.1 Å². The minimum atomic E-state index is -3.34. The number of benzene rings is 2. The van der Waals surface area contributed by atoms with Crippen molar-refractivity contribution in [2.75, 3.05) is 17.3 Å². The maximum atomic E-state index is 13.5. The lowest BCUT2D eigenvalue weighted by molar-refractivity contribution is 0.0984. The molecular formula is C24H23N3O4S2. The van der Waals surface area contributed by atoms with Crippen LogP contribution in [0.2, 0.25) is 0 Å². The monoisotopic (exact) mass is 481 g/mol. The number of fused-ring (bicyclic) bond motifs is 1. The molecule has 2 aromatic heterocycles. The first-order valence-electron chi connectivity index (χ1n) is 10.5. The Bertz CT molecular complexity index is 1370. The fourth-order valence-electron chi connectivity index (χ4n) is 3.27.